The molecule has 0 aliphatic carbocycles. The van der Waals surface area contributed by atoms with Gasteiger partial charge in [-0.05, 0) is 85.1 Å². The molecule has 0 spiro atoms. The predicted octanol–water partition coefficient (Wildman–Crippen LogP) is 8.09. The van der Waals surface area contributed by atoms with E-state index >= 15 is 0 Å². The Morgan fingerprint density at radius 3 is 2.12 bits per heavy atom. The third-order valence-electron chi connectivity index (χ3n) is 7.27. The number of rotatable bonds is 11. The number of hydrogen-bond donors (Lipinski definition) is 3. The largest absolute Gasteiger partial charge is 0.325 e. The Labute approximate surface area is 282 Å². The first kappa shape index (κ1) is 33.4. The van der Waals surface area contributed by atoms with Crippen molar-refractivity contribution in [3.05, 3.63) is 171 Å². The van der Waals surface area contributed by atoms with Crippen LogP contribution in [0.5, 0.6) is 0 Å². The number of carbonyl (C=O) groups is 3. The van der Waals surface area contributed by atoms with Crippen LogP contribution < -0.4 is 16.0 Å². The van der Waals surface area contributed by atoms with Crippen LogP contribution in [0.15, 0.2) is 138 Å². The average Bonchev–Trinajstić information content (AvgIpc) is 3.09. The van der Waals surface area contributed by atoms with Crippen molar-refractivity contribution in [3.63, 3.8) is 0 Å². The molecule has 240 valence electrons. The van der Waals surface area contributed by atoms with Crippen LogP contribution in [0.4, 0.5) is 17.1 Å². The molecule has 10 heteroatoms. The predicted molar refractivity (Wildman–Crippen MR) is 190 cm³/mol. The van der Waals surface area contributed by atoms with Crippen molar-refractivity contribution in [2.75, 3.05) is 10.6 Å². The second-order valence-electron chi connectivity index (χ2n) is 10.9. The Bertz CT molecular complexity index is 1980. The van der Waals surface area contributed by atoms with E-state index in [1.165, 1.54) is 42.1 Å². The van der Waals surface area contributed by atoms with Gasteiger partial charge in [0.1, 0.15) is 10.9 Å². The number of non-ortho nitro benzene ring substituents is 1. The Balaban J connectivity index is 1.39. The van der Waals surface area contributed by atoms with Gasteiger partial charge in [0.15, 0.2) is 0 Å². The maximum atomic E-state index is 13.7. The first-order valence-corrected chi connectivity index (χ1v) is 15.9. The summed E-state index contributed by atoms with van der Waals surface area (Å²) in [6.45, 7) is 3.95. The molecule has 3 N–H and O–H groups in total. The summed E-state index contributed by atoms with van der Waals surface area (Å²) >= 11 is 1.34. The van der Waals surface area contributed by atoms with E-state index in [2.05, 4.69) is 16.0 Å². The molecule has 0 saturated heterocycles. The molecule has 5 aromatic rings. The normalized spacial score (nSPS) is 11.7. The summed E-state index contributed by atoms with van der Waals surface area (Å²) in [7, 11) is 0. The lowest BCUT2D eigenvalue weighted by Crippen LogP contribution is -2.30. The minimum absolute atomic E-state index is 0.0641. The zero-order valence-corrected chi connectivity index (χ0v) is 27.0. The number of hydrogen-bond acceptors (Lipinski definition) is 6. The maximum absolute atomic E-state index is 13.7. The molecule has 0 heterocycles. The Kier molecular flexibility index (Phi) is 10.8. The van der Waals surface area contributed by atoms with Gasteiger partial charge >= 0.3 is 0 Å². The highest BCUT2D eigenvalue weighted by Crippen LogP contribution is 2.37. The number of nitro benzene ring substituents is 1. The van der Waals surface area contributed by atoms with E-state index in [-0.39, 0.29) is 17.3 Å². The van der Waals surface area contributed by atoms with Crippen molar-refractivity contribution >= 4 is 52.6 Å². The summed E-state index contributed by atoms with van der Waals surface area (Å²) in [5.74, 6) is -1.29. The molecule has 48 heavy (non-hydrogen) atoms. The van der Waals surface area contributed by atoms with E-state index in [1.54, 1.807) is 48.5 Å². The van der Waals surface area contributed by atoms with Gasteiger partial charge in [-0.15, -0.1) is 11.8 Å². The fourth-order valence-corrected chi connectivity index (χ4v) is 5.92. The van der Waals surface area contributed by atoms with Crippen molar-refractivity contribution in [3.8, 4) is 0 Å². The Hall–Kier alpha value is -6.00. The van der Waals surface area contributed by atoms with E-state index in [1.807, 2.05) is 68.4 Å². The molecule has 3 amide bonds. The minimum Gasteiger partial charge on any atom is -0.325 e. The van der Waals surface area contributed by atoms with E-state index in [4.69, 9.17) is 0 Å². The molecule has 0 aromatic heterocycles. The molecular formula is C38H32N4O5S. The zero-order chi connectivity index (χ0) is 34.0. The summed E-state index contributed by atoms with van der Waals surface area (Å²) < 4.78 is 0. The molecule has 0 radical (unpaired) electrons. The van der Waals surface area contributed by atoms with Gasteiger partial charge in [-0.1, -0.05) is 72.3 Å². The van der Waals surface area contributed by atoms with E-state index in [9.17, 15) is 24.5 Å². The van der Waals surface area contributed by atoms with Crippen LogP contribution in [-0.2, 0) is 9.59 Å². The number of anilines is 2. The number of amides is 3. The van der Waals surface area contributed by atoms with Crippen LogP contribution in [0.2, 0.25) is 0 Å². The molecule has 1 unspecified atom stereocenters. The van der Waals surface area contributed by atoms with Crippen molar-refractivity contribution in [1.29, 1.82) is 0 Å². The average molecular weight is 657 g/mol. The molecule has 5 rings (SSSR count). The van der Waals surface area contributed by atoms with E-state index in [0.29, 0.717) is 16.8 Å². The molecule has 1 atom stereocenters. The van der Waals surface area contributed by atoms with Crippen LogP contribution in [0.1, 0.15) is 37.9 Å². The zero-order valence-electron chi connectivity index (χ0n) is 26.2. The molecule has 5 aromatic carbocycles. The smallest absolute Gasteiger partial charge is 0.272 e. The summed E-state index contributed by atoms with van der Waals surface area (Å²) in [4.78, 5) is 51.6. The van der Waals surface area contributed by atoms with Gasteiger partial charge in [-0.3, -0.25) is 24.5 Å². The summed E-state index contributed by atoms with van der Waals surface area (Å²) in [5.41, 5.74) is 4.71. The molecule has 0 aliphatic rings. The topological polar surface area (TPSA) is 130 Å². The fourth-order valence-electron chi connectivity index (χ4n) is 4.84. The van der Waals surface area contributed by atoms with Crippen LogP contribution in [0.25, 0.3) is 6.08 Å². The molecule has 0 saturated carbocycles. The highest BCUT2D eigenvalue weighted by molar-refractivity contribution is 8.00. The molecule has 0 aliphatic heterocycles. The quantitative estimate of drug-likeness (QED) is 0.0570. The standard InChI is InChI=1S/C38H32N4O5S/c1-25-16-21-33(26(2)22-25)40-38(45)35(28-10-5-3-6-11-28)48-32-15-9-14-30(24-32)39-37(44)34(41-36(43)29-12-7-4-8-13-29)23-27-17-19-31(20-18-27)42(46)47/h3-24,35H,1-2H3,(H,39,44)(H,40,45)(H,41,43)/b34-23+. The first-order valence-electron chi connectivity index (χ1n) is 15.0. The van der Waals surface area contributed by atoms with Gasteiger partial charge in [0.05, 0.1) is 4.92 Å². The van der Waals surface area contributed by atoms with Crippen LogP contribution in [0.3, 0.4) is 0 Å². The van der Waals surface area contributed by atoms with Crippen molar-refractivity contribution in [2.24, 2.45) is 0 Å². The van der Waals surface area contributed by atoms with E-state index in [0.717, 1.165) is 27.3 Å². The Morgan fingerprint density at radius 1 is 0.771 bits per heavy atom. The molecule has 0 bridgehead atoms. The van der Waals surface area contributed by atoms with Gasteiger partial charge in [0.25, 0.3) is 17.5 Å². The lowest BCUT2D eigenvalue weighted by Gasteiger charge is -2.19. The Morgan fingerprint density at radius 2 is 1.46 bits per heavy atom. The number of benzene rings is 5. The van der Waals surface area contributed by atoms with Gasteiger partial charge in [-0.25, -0.2) is 0 Å². The molecule has 9 nitrogen and oxygen atoms in total. The third kappa shape index (κ3) is 8.83. The highest BCUT2D eigenvalue weighted by atomic mass is 32.2. The van der Waals surface area contributed by atoms with Crippen LogP contribution in [0, 0.1) is 24.0 Å². The van der Waals surface area contributed by atoms with Gasteiger partial charge < -0.3 is 16.0 Å². The highest BCUT2D eigenvalue weighted by Gasteiger charge is 2.23. The monoisotopic (exact) mass is 656 g/mol. The lowest BCUT2D eigenvalue weighted by atomic mass is 10.1. The van der Waals surface area contributed by atoms with Crippen molar-refractivity contribution in [1.82, 2.24) is 5.32 Å². The van der Waals surface area contributed by atoms with Gasteiger partial charge in [0.2, 0.25) is 5.91 Å². The second kappa shape index (κ2) is 15.5. The summed E-state index contributed by atoms with van der Waals surface area (Å²) in [6.07, 6.45) is 1.45. The minimum atomic E-state index is -0.605. The lowest BCUT2D eigenvalue weighted by molar-refractivity contribution is -0.384. The van der Waals surface area contributed by atoms with Gasteiger partial charge in [-0.2, -0.15) is 0 Å². The summed E-state index contributed by atoms with van der Waals surface area (Å²) in [6, 6.07) is 36.5. The number of carbonyl (C=O) groups excluding carboxylic acids is 3. The summed E-state index contributed by atoms with van der Waals surface area (Å²) in [5, 5.41) is 19.1. The number of nitrogens with zero attached hydrogens (tertiary/aromatic N) is 1. The maximum Gasteiger partial charge on any atom is 0.272 e. The van der Waals surface area contributed by atoms with Crippen molar-refractivity contribution < 1.29 is 19.3 Å². The number of nitro groups is 1. The van der Waals surface area contributed by atoms with Crippen LogP contribution >= 0.6 is 11.8 Å². The SMILES string of the molecule is Cc1ccc(NC(=O)C(Sc2cccc(NC(=O)/C(=C\c3ccc([N+](=O)[O-])cc3)NC(=O)c3ccccc3)c2)c2ccccc2)c(C)c1. The van der Waals surface area contributed by atoms with Crippen LogP contribution in [-0.4, -0.2) is 22.6 Å². The molecule has 0 fully saturated rings. The second-order valence-corrected chi connectivity index (χ2v) is 12.1. The molecular weight excluding hydrogens is 625 g/mol. The number of thioether (sulfide) groups is 1. The first-order chi connectivity index (χ1) is 23.2. The number of aryl methyl sites for hydroxylation is 2. The number of nitrogens with one attached hydrogen (secondary N) is 3. The van der Waals surface area contributed by atoms with Gasteiger partial charge in [0, 0.05) is 34.0 Å². The third-order valence-corrected chi connectivity index (χ3v) is 8.52. The fraction of sp³-hybridized carbons (Fsp3) is 0.0789. The van der Waals surface area contributed by atoms with E-state index < -0.39 is 22.0 Å². The van der Waals surface area contributed by atoms with Crippen molar-refractivity contribution in [2.45, 2.75) is 24.0 Å².